The summed E-state index contributed by atoms with van der Waals surface area (Å²) in [6.07, 6.45) is 2.80. The lowest BCUT2D eigenvalue weighted by Crippen LogP contribution is -2.17. The number of ketones is 1. The van der Waals surface area contributed by atoms with Crippen molar-refractivity contribution in [1.82, 2.24) is 10.3 Å². The molecule has 0 aliphatic carbocycles. The van der Waals surface area contributed by atoms with Gasteiger partial charge in [0.05, 0.1) is 0 Å². The number of aromatic nitrogens is 1. The van der Waals surface area contributed by atoms with Gasteiger partial charge >= 0.3 is 0 Å². The van der Waals surface area contributed by atoms with E-state index in [1.807, 2.05) is 30.5 Å². The van der Waals surface area contributed by atoms with Gasteiger partial charge in [0.2, 0.25) is 0 Å². The Hall–Kier alpha value is -1.61. The normalized spacial score (nSPS) is 20.4. The maximum atomic E-state index is 12.3. The molecule has 2 aromatic rings. The van der Waals surface area contributed by atoms with Gasteiger partial charge in [0, 0.05) is 35.1 Å². The van der Waals surface area contributed by atoms with Gasteiger partial charge in [0.15, 0.2) is 5.78 Å². The number of rotatable bonds is 2. The zero-order valence-corrected chi connectivity index (χ0v) is 8.99. The van der Waals surface area contributed by atoms with Crippen LogP contribution in [0.4, 0.5) is 0 Å². The van der Waals surface area contributed by atoms with Crippen LogP contribution in [0.1, 0.15) is 16.8 Å². The fraction of sp³-hybridized carbons (Fsp3) is 0.308. The molecule has 1 fully saturated rings. The number of carbonyl (C=O) groups excluding carboxylic acids is 1. The lowest BCUT2D eigenvalue weighted by atomic mass is 9.97. The Kier molecular flexibility index (Phi) is 2.26. The third-order valence-electron chi connectivity index (χ3n) is 3.29. The topological polar surface area (TPSA) is 44.9 Å². The summed E-state index contributed by atoms with van der Waals surface area (Å²) >= 11 is 0. The number of hydrogen-bond donors (Lipinski definition) is 2. The van der Waals surface area contributed by atoms with E-state index < -0.39 is 0 Å². The molecular weight excluding hydrogens is 200 g/mol. The molecule has 1 aromatic carbocycles. The van der Waals surface area contributed by atoms with Crippen LogP contribution in [0.25, 0.3) is 10.9 Å². The van der Waals surface area contributed by atoms with Crippen molar-refractivity contribution in [1.29, 1.82) is 0 Å². The van der Waals surface area contributed by atoms with E-state index >= 15 is 0 Å². The lowest BCUT2D eigenvalue weighted by molar-refractivity contribution is 0.0932. The SMILES string of the molecule is O=C(c1c[nH]c2ccccc12)C1CCNC1. The largest absolute Gasteiger partial charge is 0.360 e. The average Bonchev–Trinajstić information content (AvgIpc) is 2.98. The van der Waals surface area contributed by atoms with Gasteiger partial charge in [0.25, 0.3) is 0 Å². The Labute approximate surface area is 93.9 Å². The Morgan fingerprint density at radius 3 is 3.00 bits per heavy atom. The smallest absolute Gasteiger partial charge is 0.169 e. The summed E-state index contributed by atoms with van der Waals surface area (Å²) in [7, 11) is 0. The Balaban J connectivity index is 2.02. The van der Waals surface area contributed by atoms with Crippen LogP contribution >= 0.6 is 0 Å². The molecular formula is C13H14N2O. The average molecular weight is 214 g/mol. The summed E-state index contributed by atoms with van der Waals surface area (Å²) in [4.78, 5) is 15.4. The molecule has 2 heterocycles. The molecule has 0 bridgehead atoms. The van der Waals surface area contributed by atoms with E-state index in [1.165, 1.54) is 0 Å². The second-order valence-corrected chi connectivity index (χ2v) is 4.30. The number of aromatic amines is 1. The van der Waals surface area contributed by atoms with Gasteiger partial charge in [-0.25, -0.2) is 0 Å². The number of hydrogen-bond acceptors (Lipinski definition) is 2. The number of benzene rings is 1. The monoisotopic (exact) mass is 214 g/mol. The van der Waals surface area contributed by atoms with E-state index in [1.54, 1.807) is 0 Å². The lowest BCUT2D eigenvalue weighted by Gasteiger charge is -2.05. The van der Waals surface area contributed by atoms with Crippen LogP contribution in [0.3, 0.4) is 0 Å². The Bertz CT molecular complexity index is 523. The molecule has 0 radical (unpaired) electrons. The molecule has 2 N–H and O–H groups in total. The van der Waals surface area contributed by atoms with Crippen molar-refractivity contribution in [2.24, 2.45) is 5.92 Å². The minimum atomic E-state index is 0.152. The van der Waals surface area contributed by atoms with Crippen molar-refractivity contribution >= 4 is 16.7 Å². The molecule has 16 heavy (non-hydrogen) atoms. The van der Waals surface area contributed by atoms with E-state index in [0.717, 1.165) is 36.0 Å². The van der Waals surface area contributed by atoms with Gasteiger partial charge in [-0.3, -0.25) is 4.79 Å². The van der Waals surface area contributed by atoms with Crippen molar-refractivity contribution in [3.63, 3.8) is 0 Å². The highest BCUT2D eigenvalue weighted by atomic mass is 16.1. The number of carbonyl (C=O) groups is 1. The zero-order chi connectivity index (χ0) is 11.0. The molecule has 1 aliphatic heterocycles. The van der Waals surface area contributed by atoms with Gasteiger partial charge < -0.3 is 10.3 Å². The predicted molar refractivity (Wildman–Crippen MR) is 63.6 cm³/mol. The van der Waals surface area contributed by atoms with Gasteiger partial charge in [-0.15, -0.1) is 0 Å². The summed E-state index contributed by atoms with van der Waals surface area (Å²) < 4.78 is 0. The first kappa shape index (κ1) is 9.60. The van der Waals surface area contributed by atoms with Crippen molar-refractivity contribution < 1.29 is 4.79 Å². The minimum Gasteiger partial charge on any atom is -0.360 e. The van der Waals surface area contributed by atoms with Crippen molar-refractivity contribution in [2.75, 3.05) is 13.1 Å². The summed E-state index contributed by atoms with van der Waals surface area (Å²) in [5.41, 5.74) is 1.88. The van der Waals surface area contributed by atoms with Gasteiger partial charge in [-0.2, -0.15) is 0 Å². The summed E-state index contributed by atoms with van der Waals surface area (Å²) in [5, 5.41) is 4.27. The molecule has 1 atom stereocenters. The fourth-order valence-corrected chi connectivity index (χ4v) is 2.37. The number of Topliss-reactive ketones (excluding diaryl/α,β-unsaturated/α-hetero) is 1. The molecule has 1 saturated heterocycles. The summed E-state index contributed by atoms with van der Waals surface area (Å²) in [5.74, 6) is 0.418. The third kappa shape index (κ3) is 1.44. The highest BCUT2D eigenvalue weighted by Gasteiger charge is 2.25. The van der Waals surface area contributed by atoms with E-state index in [9.17, 15) is 4.79 Å². The first-order valence-corrected chi connectivity index (χ1v) is 5.67. The maximum absolute atomic E-state index is 12.3. The second kappa shape index (κ2) is 3.76. The van der Waals surface area contributed by atoms with Crippen molar-refractivity contribution in [2.45, 2.75) is 6.42 Å². The molecule has 0 saturated carbocycles. The van der Waals surface area contributed by atoms with E-state index in [-0.39, 0.29) is 11.7 Å². The number of nitrogens with one attached hydrogen (secondary N) is 2. The van der Waals surface area contributed by atoms with E-state index in [2.05, 4.69) is 10.3 Å². The van der Waals surface area contributed by atoms with E-state index in [0.29, 0.717) is 0 Å². The molecule has 82 valence electrons. The van der Waals surface area contributed by atoms with Crippen LogP contribution in [0.5, 0.6) is 0 Å². The zero-order valence-electron chi connectivity index (χ0n) is 8.99. The summed E-state index contributed by atoms with van der Waals surface area (Å²) in [6.45, 7) is 1.77. The molecule has 1 unspecified atom stereocenters. The third-order valence-corrected chi connectivity index (χ3v) is 3.29. The van der Waals surface area contributed by atoms with Crippen LogP contribution in [0.2, 0.25) is 0 Å². The minimum absolute atomic E-state index is 0.152. The number of H-pyrrole nitrogens is 1. The molecule has 3 heteroatoms. The van der Waals surface area contributed by atoms with Crippen LogP contribution in [0, 0.1) is 5.92 Å². The van der Waals surface area contributed by atoms with Gasteiger partial charge in [0.1, 0.15) is 0 Å². The van der Waals surface area contributed by atoms with Crippen molar-refractivity contribution in [3.05, 3.63) is 36.0 Å². The molecule has 3 nitrogen and oxygen atoms in total. The second-order valence-electron chi connectivity index (χ2n) is 4.30. The molecule has 0 spiro atoms. The fourth-order valence-electron chi connectivity index (χ4n) is 2.37. The highest BCUT2D eigenvalue weighted by molar-refractivity contribution is 6.09. The first-order chi connectivity index (χ1) is 7.86. The molecule has 1 aromatic heterocycles. The quantitative estimate of drug-likeness (QED) is 0.751. The Morgan fingerprint density at radius 2 is 2.19 bits per heavy atom. The number of fused-ring (bicyclic) bond motifs is 1. The molecule has 3 rings (SSSR count). The summed E-state index contributed by atoms with van der Waals surface area (Å²) in [6, 6.07) is 7.95. The van der Waals surface area contributed by atoms with Gasteiger partial charge in [-0.1, -0.05) is 18.2 Å². The van der Waals surface area contributed by atoms with Crippen LogP contribution in [-0.4, -0.2) is 23.9 Å². The van der Waals surface area contributed by atoms with Gasteiger partial charge in [-0.05, 0) is 19.0 Å². The van der Waals surface area contributed by atoms with Crippen LogP contribution in [-0.2, 0) is 0 Å². The predicted octanol–water partition coefficient (Wildman–Crippen LogP) is 1.96. The Morgan fingerprint density at radius 1 is 1.31 bits per heavy atom. The number of para-hydroxylation sites is 1. The maximum Gasteiger partial charge on any atom is 0.169 e. The highest BCUT2D eigenvalue weighted by Crippen LogP contribution is 2.22. The van der Waals surface area contributed by atoms with E-state index in [4.69, 9.17) is 0 Å². The molecule has 0 amide bonds. The van der Waals surface area contributed by atoms with Crippen LogP contribution < -0.4 is 5.32 Å². The first-order valence-electron chi connectivity index (χ1n) is 5.67. The van der Waals surface area contributed by atoms with Crippen LogP contribution in [0.15, 0.2) is 30.5 Å². The standard InChI is InChI=1S/C13H14N2O/c16-13(9-5-6-14-7-9)11-8-15-12-4-2-1-3-10(11)12/h1-4,8-9,14-15H,5-7H2. The molecule has 1 aliphatic rings. The van der Waals surface area contributed by atoms with Crippen molar-refractivity contribution in [3.8, 4) is 0 Å².